The number of hydrogen-bond acceptors (Lipinski definition) is 5. The lowest BCUT2D eigenvalue weighted by Crippen LogP contribution is -2.36. The Morgan fingerprint density at radius 3 is 2.35 bits per heavy atom. The van der Waals surface area contributed by atoms with E-state index in [1.54, 1.807) is 18.3 Å². The van der Waals surface area contributed by atoms with Crippen molar-refractivity contribution < 1.29 is 19.7 Å². The molecule has 0 saturated heterocycles. The molecule has 0 aliphatic heterocycles. The van der Waals surface area contributed by atoms with E-state index < -0.39 is 18.3 Å². The topological polar surface area (TPSA) is 112 Å². The summed E-state index contributed by atoms with van der Waals surface area (Å²) >= 11 is 0. The Bertz CT molecular complexity index is 1370. The number of aliphatic hydroxyl groups excluding tert-OH is 2. The third-order valence-electron chi connectivity index (χ3n) is 6.29. The minimum atomic E-state index is -1.28. The summed E-state index contributed by atoms with van der Waals surface area (Å²) < 4.78 is 5.46. The Kier molecular flexibility index (Phi) is 5.88. The molecule has 1 aromatic heterocycles. The van der Waals surface area contributed by atoms with E-state index in [0.29, 0.717) is 16.5 Å². The molecule has 0 fully saturated rings. The monoisotopic (exact) mass is 456 g/mol. The standard InChI is InChI=1S/C27H24N2O5/c30-24-11-12-28-23-10-9-16(13-21(23)24)26(32)25(31)14-29-27(33)34-15-22-19-7-3-1-5-17(19)18-6-2-4-8-20(18)22/h1-13,22,25-26,31-32H,14-15H2,(H,28,30)(H,29,33). The second-order valence-corrected chi connectivity index (χ2v) is 8.37. The van der Waals surface area contributed by atoms with Gasteiger partial charge in [-0.25, -0.2) is 4.79 Å². The van der Waals surface area contributed by atoms with Crippen LogP contribution in [0.25, 0.3) is 22.0 Å². The van der Waals surface area contributed by atoms with Crippen molar-refractivity contribution in [2.45, 2.75) is 18.1 Å². The zero-order chi connectivity index (χ0) is 23.7. The van der Waals surface area contributed by atoms with Crippen molar-refractivity contribution in [3.05, 3.63) is 106 Å². The Morgan fingerprint density at radius 2 is 1.65 bits per heavy atom. The van der Waals surface area contributed by atoms with Crippen molar-refractivity contribution in [1.29, 1.82) is 0 Å². The zero-order valence-corrected chi connectivity index (χ0v) is 18.3. The van der Waals surface area contributed by atoms with Gasteiger partial charge in [-0.15, -0.1) is 0 Å². The molecule has 1 heterocycles. The van der Waals surface area contributed by atoms with Gasteiger partial charge in [-0.3, -0.25) is 4.79 Å². The van der Waals surface area contributed by atoms with E-state index in [-0.39, 0.29) is 24.5 Å². The summed E-state index contributed by atoms with van der Waals surface area (Å²) in [5.74, 6) is -0.0654. The number of alkyl carbamates (subject to hydrolysis) is 1. The largest absolute Gasteiger partial charge is 0.449 e. The van der Waals surface area contributed by atoms with Gasteiger partial charge in [-0.1, -0.05) is 54.6 Å². The van der Waals surface area contributed by atoms with Crippen LogP contribution in [-0.4, -0.2) is 40.5 Å². The number of carbonyl (C=O) groups excluding carboxylic acids is 1. The maximum atomic E-state index is 12.3. The van der Waals surface area contributed by atoms with Crippen LogP contribution in [0.5, 0.6) is 0 Å². The quantitative estimate of drug-likeness (QED) is 0.355. The molecule has 4 aromatic rings. The van der Waals surface area contributed by atoms with E-state index in [4.69, 9.17) is 4.74 Å². The van der Waals surface area contributed by atoms with Crippen LogP contribution in [0.4, 0.5) is 4.79 Å². The molecule has 2 atom stereocenters. The van der Waals surface area contributed by atoms with Gasteiger partial charge in [-0.05, 0) is 39.9 Å². The summed E-state index contributed by atoms with van der Waals surface area (Å²) in [5, 5.41) is 23.8. The van der Waals surface area contributed by atoms with E-state index in [1.807, 2.05) is 36.4 Å². The molecule has 1 aliphatic rings. The van der Waals surface area contributed by atoms with Gasteiger partial charge in [0.05, 0.1) is 0 Å². The first-order valence-corrected chi connectivity index (χ1v) is 11.1. The van der Waals surface area contributed by atoms with Gasteiger partial charge in [0.1, 0.15) is 18.8 Å². The second kappa shape index (κ2) is 9.13. The van der Waals surface area contributed by atoms with Crippen LogP contribution < -0.4 is 10.7 Å². The van der Waals surface area contributed by atoms with E-state index in [2.05, 4.69) is 22.4 Å². The molecular weight excluding hydrogens is 432 g/mol. The Hall–Kier alpha value is -3.94. The molecule has 172 valence electrons. The predicted molar refractivity (Wildman–Crippen MR) is 129 cm³/mol. The van der Waals surface area contributed by atoms with E-state index in [9.17, 15) is 19.8 Å². The van der Waals surface area contributed by atoms with Crippen molar-refractivity contribution in [3.8, 4) is 11.1 Å². The predicted octanol–water partition coefficient (Wildman–Crippen LogP) is 3.46. The first kappa shape index (κ1) is 21.9. The molecular formula is C27H24N2O5. The van der Waals surface area contributed by atoms with Gasteiger partial charge in [0.2, 0.25) is 0 Å². The Morgan fingerprint density at radius 1 is 0.971 bits per heavy atom. The summed E-state index contributed by atoms with van der Waals surface area (Å²) in [6.45, 7) is -0.0486. The van der Waals surface area contributed by atoms with Crippen molar-refractivity contribution in [3.63, 3.8) is 0 Å². The molecule has 2 unspecified atom stereocenters. The lowest BCUT2D eigenvalue weighted by molar-refractivity contribution is 0.0186. The Labute approximate surface area is 195 Å². The van der Waals surface area contributed by atoms with Gasteiger partial charge in [0.15, 0.2) is 5.43 Å². The van der Waals surface area contributed by atoms with Gasteiger partial charge >= 0.3 is 6.09 Å². The molecule has 34 heavy (non-hydrogen) atoms. The van der Waals surface area contributed by atoms with Crippen LogP contribution >= 0.6 is 0 Å². The first-order valence-electron chi connectivity index (χ1n) is 11.1. The number of aromatic nitrogens is 1. The molecule has 3 aromatic carbocycles. The van der Waals surface area contributed by atoms with Crippen LogP contribution in [0.15, 0.2) is 83.8 Å². The number of H-pyrrole nitrogens is 1. The van der Waals surface area contributed by atoms with Gasteiger partial charge in [0, 0.05) is 35.6 Å². The third kappa shape index (κ3) is 4.07. The molecule has 5 rings (SSSR count). The molecule has 0 radical (unpaired) electrons. The number of rotatable bonds is 6. The van der Waals surface area contributed by atoms with Crippen molar-refractivity contribution in [2.24, 2.45) is 0 Å². The first-order chi connectivity index (χ1) is 16.5. The van der Waals surface area contributed by atoms with Crippen molar-refractivity contribution in [2.75, 3.05) is 13.2 Å². The molecule has 7 heteroatoms. The van der Waals surface area contributed by atoms with Gasteiger partial charge in [-0.2, -0.15) is 0 Å². The third-order valence-corrected chi connectivity index (χ3v) is 6.29. The number of nitrogens with one attached hydrogen (secondary N) is 2. The summed E-state index contributed by atoms with van der Waals surface area (Å²) in [5.41, 5.74) is 5.33. The summed E-state index contributed by atoms with van der Waals surface area (Å²) in [6.07, 6.45) is -1.69. The lowest BCUT2D eigenvalue weighted by atomic mass is 9.98. The molecule has 7 nitrogen and oxygen atoms in total. The smallest absolute Gasteiger partial charge is 0.407 e. The highest BCUT2D eigenvalue weighted by Crippen LogP contribution is 2.44. The number of carbonyl (C=O) groups is 1. The number of amides is 1. The average Bonchev–Trinajstić information content (AvgIpc) is 3.19. The number of pyridine rings is 1. The normalized spacial score (nSPS) is 14.3. The number of fused-ring (bicyclic) bond motifs is 4. The van der Waals surface area contributed by atoms with Crippen molar-refractivity contribution in [1.82, 2.24) is 10.3 Å². The van der Waals surface area contributed by atoms with E-state index in [0.717, 1.165) is 22.3 Å². The highest BCUT2D eigenvalue weighted by atomic mass is 16.5. The maximum Gasteiger partial charge on any atom is 0.407 e. The minimum absolute atomic E-state index is 0.0654. The van der Waals surface area contributed by atoms with Crippen LogP contribution in [0.1, 0.15) is 28.7 Å². The molecule has 0 saturated carbocycles. The van der Waals surface area contributed by atoms with Gasteiger partial charge < -0.3 is 25.3 Å². The number of hydrogen-bond donors (Lipinski definition) is 4. The van der Waals surface area contributed by atoms with Crippen molar-refractivity contribution >= 4 is 17.0 Å². The highest BCUT2D eigenvalue weighted by Gasteiger charge is 2.29. The van der Waals surface area contributed by atoms with Crippen LogP contribution in [-0.2, 0) is 4.74 Å². The van der Waals surface area contributed by atoms with Crippen LogP contribution in [0, 0.1) is 0 Å². The fourth-order valence-electron chi connectivity index (χ4n) is 4.54. The van der Waals surface area contributed by atoms with Crippen LogP contribution in [0.2, 0.25) is 0 Å². The molecule has 1 amide bonds. The highest BCUT2D eigenvalue weighted by molar-refractivity contribution is 5.80. The number of ether oxygens (including phenoxy) is 1. The minimum Gasteiger partial charge on any atom is -0.449 e. The van der Waals surface area contributed by atoms with Crippen LogP contribution in [0.3, 0.4) is 0 Å². The molecule has 4 N–H and O–H groups in total. The summed E-state index contributed by atoms with van der Waals surface area (Å²) in [4.78, 5) is 27.3. The van der Waals surface area contributed by atoms with Gasteiger partial charge in [0.25, 0.3) is 0 Å². The fraction of sp³-hybridized carbons (Fsp3) is 0.185. The van der Waals surface area contributed by atoms with E-state index >= 15 is 0 Å². The molecule has 0 spiro atoms. The number of benzene rings is 3. The summed E-state index contributed by atoms with van der Waals surface area (Å²) in [6, 6.07) is 22.3. The maximum absolute atomic E-state index is 12.3. The lowest BCUT2D eigenvalue weighted by Gasteiger charge is -2.19. The number of aromatic amines is 1. The molecule has 0 bridgehead atoms. The molecule has 1 aliphatic carbocycles. The average molecular weight is 456 g/mol. The Balaban J connectivity index is 1.20. The number of aliphatic hydroxyl groups is 2. The second-order valence-electron chi connectivity index (χ2n) is 8.37. The van der Waals surface area contributed by atoms with E-state index in [1.165, 1.54) is 12.1 Å². The fourth-order valence-corrected chi connectivity index (χ4v) is 4.54. The zero-order valence-electron chi connectivity index (χ0n) is 18.3. The SMILES string of the molecule is O=C(NCC(O)C(O)c1ccc2[nH]ccc(=O)c2c1)OCC1c2ccccc2-c2ccccc21. The summed E-state index contributed by atoms with van der Waals surface area (Å²) in [7, 11) is 0.